The normalized spacial score (nSPS) is 15.2. The van der Waals surface area contributed by atoms with E-state index in [1.165, 1.54) is 30.0 Å². The van der Waals surface area contributed by atoms with Gasteiger partial charge < -0.3 is 10.6 Å². The first-order valence-electron chi connectivity index (χ1n) is 7.34. The van der Waals surface area contributed by atoms with Gasteiger partial charge in [-0.25, -0.2) is 4.68 Å². The molecule has 0 spiro atoms. The quantitative estimate of drug-likeness (QED) is 0.857. The molecular weight excluding hydrogens is 264 g/mol. The third kappa shape index (κ3) is 2.77. The minimum atomic E-state index is -0.114. The first kappa shape index (κ1) is 13.7. The van der Waals surface area contributed by atoms with E-state index in [-0.39, 0.29) is 5.56 Å². The largest absolute Gasteiger partial charge is 0.397 e. The number of hydrogen-bond donors (Lipinski definition) is 1. The highest BCUT2D eigenvalue weighted by Crippen LogP contribution is 2.30. The molecule has 3 rings (SSSR count). The summed E-state index contributed by atoms with van der Waals surface area (Å²) in [5, 5.41) is 4.26. The van der Waals surface area contributed by atoms with Gasteiger partial charge in [-0.1, -0.05) is 6.07 Å². The van der Waals surface area contributed by atoms with E-state index in [4.69, 9.17) is 5.73 Å². The van der Waals surface area contributed by atoms with E-state index >= 15 is 0 Å². The van der Waals surface area contributed by atoms with Crippen LogP contribution < -0.4 is 16.2 Å². The molecule has 0 unspecified atom stereocenters. The Morgan fingerprint density at radius 3 is 2.52 bits per heavy atom. The Balaban J connectivity index is 1.93. The van der Waals surface area contributed by atoms with Gasteiger partial charge in [0.1, 0.15) is 0 Å². The minimum absolute atomic E-state index is 0.114. The van der Waals surface area contributed by atoms with Crippen LogP contribution in [0.2, 0.25) is 0 Å². The molecule has 0 saturated carbocycles. The molecule has 0 amide bonds. The number of nitrogens with two attached hydrogens (primary N) is 1. The Labute approximate surface area is 124 Å². The zero-order valence-corrected chi connectivity index (χ0v) is 12.2. The number of benzene rings is 1. The van der Waals surface area contributed by atoms with Gasteiger partial charge >= 0.3 is 0 Å². The summed E-state index contributed by atoms with van der Waals surface area (Å²) in [6.45, 7) is 2.14. The summed E-state index contributed by atoms with van der Waals surface area (Å²) in [4.78, 5) is 13.7. The zero-order chi connectivity index (χ0) is 14.8. The summed E-state index contributed by atoms with van der Waals surface area (Å²) in [7, 11) is 1.65. The fourth-order valence-electron chi connectivity index (χ4n) is 2.79. The molecule has 0 atom stereocenters. The Morgan fingerprint density at radius 2 is 1.86 bits per heavy atom. The van der Waals surface area contributed by atoms with E-state index < -0.39 is 0 Å². The van der Waals surface area contributed by atoms with Crippen LogP contribution in [0.4, 0.5) is 11.4 Å². The molecule has 1 aromatic carbocycles. The fraction of sp³-hybridized carbons (Fsp3) is 0.375. The second-order valence-corrected chi connectivity index (χ2v) is 5.50. The molecule has 21 heavy (non-hydrogen) atoms. The second kappa shape index (κ2) is 5.60. The predicted molar refractivity (Wildman–Crippen MR) is 85.4 cm³/mol. The molecule has 2 aromatic rings. The van der Waals surface area contributed by atoms with Crippen molar-refractivity contribution in [2.24, 2.45) is 7.05 Å². The van der Waals surface area contributed by atoms with Crippen LogP contribution in [0.5, 0.6) is 0 Å². The van der Waals surface area contributed by atoms with Gasteiger partial charge in [0.2, 0.25) is 0 Å². The van der Waals surface area contributed by atoms with Crippen LogP contribution in [-0.4, -0.2) is 22.9 Å². The Bertz CT molecular complexity index is 702. The first-order valence-corrected chi connectivity index (χ1v) is 7.34. The van der Waals surface area contributed by atoms with Crippen LogP contribution in [0.25, 0.3) is 11.3 Å². The number of piperidine rings is 1. The third-order valence-corrected chi connectivity index (χ3v) is 3.98. The number of aromatic nitrogens is 2. The zero-order valence-electron chi connectivity index (χ0n) is 12.2. The molecule has 0 aliphatic carbocycles. The lowest BCUT2D eigenvalue weighted by Crippen LogP contribution is -2.30. The maximum atomic E-state index is 11.4. The number of nitrogens with zero attached hydrogens (tertiary/aromatic N) is 3. The number of hydrogen-bond acceptors (Lipinski definition) is 4. The average Bonchev–Trinajstić information content (AvgIpc) is 2.51. The van der Waals surface area contributed by atoms with E-state index in [9.17, 15) is 4.79 Å². The van der Waals surface area contributed by atoms with Crippen molar-refractivity contribution in [1.82, 2.24) is 9.78 Å². The average molecular weight is 284 g/mol. The topological polar surface area (TPSA) is 64.2 Å². The van der Waals surface area contributed by atoms with E-state index in [0.717, 1.165) is 35.7 Å². The van der Waals surface area contributed by atoms with E-state index in [1.54, 1.807) is 13.1 Å². The van der Waals surface area contributed by atoms with Crippen molar-refractivity contribution in [1.29, 1.82) is 0 Å². The van der Waals surface area contributed by atoms with Gasteiger partial charge in [0.15, 0.2) is 0 Å². The monoisotopic (exact) mass is 284 g/mol. The van der Waals surface area contributed by atoms with Crippen molar-refractivity contribution in [3.63, 3.8) is 0 Å². The van der Waals surface area contributed by atoms with Gasteiger partial charge in [-0.2, -0.15) is 5.10 Å². The number of rotatable bonds is 2. The fourth-order valence-corrected chi connectivity index (χ4v) is 2.79. The highest BCUT2D eigenvalue weighted by molar-refractivity contribution is 5.75. The van der Waals surface area contributed by atoms with Gasteiger partial charge in [0, 0.05) is 31.8 Å². The van der Waals surface area contributed by atoms with Crippen LogP contribution >= 0.6 is 0 Å². The molecular formula is C16H20N4O. The van der Waals surface area contributed by atoms with Gasteiger partial charge in [-0.15, -0.1) is 0 Å². The molecule has 110 valence electrons. The number of anilines is 2. The van der Waals surface area contributed by atoms with Crippen LogP contribution in [-0.2, 0) is 7.05 Å². The van der Waals surface area contributed by atoms with Gasteiger partial charge in [-0.05, 0) is 37.5 Å². The lowest BCUT2D eigenvalue weighted by molar-refractivity contribution is 0.578. The number of aryl methyl sites for hydroxylation is 1. The van der Waals surface area contributed by atoms with E-state index in [2.05, 4.69) is 16.1 Å². The van der Waals surface area contributed by atoms with Crippen LogP contribution in [0.1, 0.15) is 19.3 Å². The molecule has 1 aliphatic rings. The summed E-state index contributed by atoms with van der Waals surface area (Å²) >= 11 is 0. The molecule has 2 N–H and O–H groups in total. The lowest BCUT2D eigenvalue weighted by Gasteiger charge is -2.30. The van der Waals surface area contributed by atoms with Crippen LogP contribution in [0, 0.1) is 0 Å². The SMILES string of the molecule is Cn1nc(-c2ccc(N3CCCCC3)c(N)c2)ccc1=O. The summed E-state index contributed by atoms with van der Waals surface area (Å²) in [5.74, 6) is 0. The van der Waals surface area contributed by atoms with Crippen molar-refractivity contribution in [2.45, 2.75) is 19.3 Å². The summed E-state index contributed by atoms with van der Waals surface area (Å²) in [5.41, 5.74) is 9.67. The molecule has 5 nitrogen and oxygen atoms in total. The summed E-state index contributed by atoms with van der Waals surface area (Å²) in [6.07, 6.45) is 3.75. The predicted octanol–water partition coefficient (Wildman–Crippen LogP) is 2.02. The molecule has 1 fully saturated rings. The van der Waals surface area contributed by atoms with Crippen molar-refractivity contribution in [3.8, 4) is 11.3 Å². The highest BCUT2D eigenvalue weighted by atomic mass is 16.1. The highest BCUT2D eigenvalue weighted by Gasteiger charge is 2.14. The molecule has 0 bridgehead atoms. The van der Waals surface area contributed by atoms with Crippen LogP contribution in [0.15, 0.2) is 35.1 Å². The van der Waals surface area contributed by atoms with Crippen molar-refractivity contribution in [2.75, 3.05) is 23.7 Å². The molecule has 1 aliphatic heterocycles. The summed E-state index contributed by atoms with van der Waals surface area (Å²) in [6, 6.07) is 9.28. The molecule has 1 saturated heterocycles. The number of nitrogen functional groups attached to an aromatic ring is 1. The molecule has 2 heterocycles. The smallest absolute Gasteiger partial charge is 0.266 e. The maximum Gasteiger partial charge on any atom is 0.266 e. The molecule has 5 heteroatoms. The Morgan fingerprint density at radius 1 is 1.10 bits per heavy atom. The standard InChI is InChI=1S/C16H20N4O/c1-19-16(21)8-6-14(18-19)12-5-7-15(13(17)11-12)20-9-3-2-4-10-20/h5-8,11H,2-4,9-10,17H2,1H3. The van der Waals surface area contributed by atoms with E-state index in [1.807, 2.05) is 12.1 Å². The summed E-state index contributed by atoms with van der Waals surface area (Å²) < 4.78 is 1.34. The Hall–Kier alpha value is -2.30. The minimum Gasteiger partial charge on any atom is -0.397 e. The maximum absolute atomic E-state index is 11.4. The van der Waals surface area contributed by atoms with Crippen molar-refractivity contribution >= 4 is 11.4 Å². The molecule has 1 aromatic heterocycles. The van der Waals surface area contributed by atoms with Crippen molar-refractivity contribution in [3.05, 3.63) is 40.7 Å². The van der Waals surface area contributed by atoms with Crippen LogP contribution in [0.3, 0.4) is 0 Å². The van der Waals surface area contributed by atoms with Gasteiger partial charge in [0.05, 0.1) is 17.1 Å². The second-order valence-electron chi connectivity index (χ2n) is 5.50. The van der Waals surface area contributed by atoms with Gasteiger partial charge in [-0.3, -0.25) is 4.79 Å². The van der Waals surface area contributed by atoms with E-state index in [0.29, 0.717) is 0 Å². The lowest BCUT2D eigenvalue weighted by atomic mass is 10.1. The molecule has 0 radical (unpaired) electrons. The van der Waals surface area contributed by atoms with Crippen molar-refractivity contribution < 1.29 is 0 Å². The third-order valence-electron chi connectivity index (χ3n) is 3.98. The Kier molecular flexibility index (Phi) is 3.64. The van der Waals surface area contributed by atoms with Gasteiger partial charge in [0.25, 0.3) is 5.56 Å². The first-order chi connectivity index (χ1) is 10.1.